The Hall–Kier alpha value is -0.680. The second-order valence-corrected chi connectivity index (χ2v) is 5.06. The van der Waals surface area contributed by atoms with Gasteiger partial charge in [-0.15, -0.1) is 0 Å². The molecule has 0 spiro atoms. The quantitative estimate of drug-likeness (QED) is 0.884. The summed E-state index contributed by atoms with van der Waals surface area (Å²) < 4.78 is 13.9. The van der Waals surface area contributed by atoms with Crippen molar-refractivity contribution < 1.29 is 9.50 Å². The molecule has 2 rings (SSSR count). The van der Waals surface area contributed by atoms with Crippen LogP contribution in [0.3, 0.4) is 0 Å². The predicted octanol–water partition coefficient (Wildman–Crippen LogP) is 1.94. The Morgan fingerprint density at radius 1 is 1.44 bits per heavy atom. The van der Waals surface area contributed by atoms with E-state index in [4.69, 9.17) is 17.3 Å². The molecule has 1 aliphatic heterocycles. The lowest BCUT2D eigenvalue weighted by atomic mass is 10.00. The van der Waals surface area contributed by atoms with Crippen molar-refractivity contribution in [2.45, 2.75) is 25.0 Å². The second-order valence-electron chi connectivity index (χ2n) is 4.65. The van der Waals surface area contributed by atoms with Gasteiger partial charge in [0, 0.05) is 30.2 Å². The first kappa shape index (κ1) is 13.7. The maximum Gasteiger partial charge on any atom is 0.129 e. The van der Waals surface area contributed by atoms with Crippen molar-refractivity contribution in [2.24, 2.45) is 5.73 Å². The van der Waals surface area contributed by atoms with Gasteiger partial charge >= 0.3 is 0 Å². The Kier molecular flexibility index (Phi) is 4.56. The highest BCUT2D eigenvalue weighted by atomic mass is 35.5. The van der Waals surface area contributed by atoms with Gasteiger partial charge in [0.1, 0.15) is 5.82 Å². The molecule has 0 radical (unpaired) electrons. The van der Waals surface area contributed by atoms with Gasteiger partial charge in [0.15, 0.2) is 0 Å². The minimum atomic E-state index is -0.316. The zero-order chi connectivity index (χ0) is 13.1. The normalized spacial score (nSPS) is 20.0. The van der Waals surface area contributed by atoms with Gasteiger partial charge in [0.2, 0.25) is 0 Å². The minimum Gasteiger partial charge on any atom is -0.393 e. The first-order chi connectivity index (χ1) is 8.63. The van der Waals surface area contributed by atoms with E-state index >= 15 is 0 Å². The lowest BCUT2D eigenvalue weighted by Crippen LogP contribution is -2.41. The molecule has 1 saturated heterocycles. The fraction of sp³-hybridized carbons (Fsp3) is 0.538. The smallest absolute Gasteiger partial charge is 0.129 e. The standard InChI is InChI=1S/C13H18ClFN2O/c14-10-2-1-3-11(15)13(10)12(8-16)17-6-4-9(18)5-7-17/h1-3,9,12,18H,4-8,16H2. The number of aliphatic hydroxyl groups excluding tert-OH is 1. The molecule has 1 aliphatic rings. The molecule has 1 aromatic rings. The molecular formula is C13H18ClFN2O. The highest BCUT2D eigenvalue weighted by molar-refractivity contribution is 6.31. The van der Waals surface area contributed by atoms with Crippen LogP contribution in [0.5, 0.6) is 0 Å². The monoisotopic (exact) mass is 272 g/mol. The van der Waals surface area contributed by atoms with Crippen molar-refractivity contribution in [1.29, 1.82) is 0 Å². The number of piperidine rings is 1. The fourth-order valence-corrected chi connectivity index (χ4v) is 2.77. The highest BCUT2D eigenvalue weighted by Crippen LogP contribution is 2.31. The van der Waals surface area contributed by atoms with E-state index in [-0.39, 0.29) is 18.0 Å². The molecular weight excluding hydrogens is 255 g/mol. The van der Waals surface area contributed by atoms with Crippen molar-refractivity contribution in [3.63, 3.8) is 0 Å². The molecule has 1 unspecified atom stereocenters. The number of hydrogen-bond acceptors (Lipinski definition) is 3. The largest absolute Gasteiger partial charge is 0.393 e. The van der Waals surface area contributed by atoms with E-state index in [0.29, 0.717) is 43.1 Å². The van der Waals surface area contributed by atoms with Crippen LogP contribution in [-0.4, -0.2) is 35.7 Å². The Balaban J connectivity index is 2.23. The van der Waals surface area contributed by atoms with Crippen LogP contribution in [0.15, 0.2) is 18.2 Å². The maximum absolute atomic E-state index is 13.9. The number of likely N-dealkylation sites (tertiary alicyclic amines) is 1. The van der Waals surface area contributed by atoms with Gasteiger partial charge < -0.3 is 10.8 Å². The van der Waals surface area contributed by atoms with Crippen LogP contribution in [0.2, 0.25) is 5.02 Å². The molecule has 3 N–H and O–H groups in total. The number of rotatable bonds is 3. The molecule has 18 heavy (non-hydrogen) atoms. The number of halogens is 2. The van der Waals surface area contributed by atoms with E-state index in [1.54, 1.807) is 12.1 Å². The van der Waals surface area contributed by atoms with Crippen LogP contribution in [0, 0.1) is 5.82 Å². The summed E-state index contributed by atoms with van der Waals surface area (Å²) >= 11 is 6.08. The van der Waals surface area contributed by atoms with Crippen LogP contribution >= 0.6 is 11.6 Å². The van der Waals surface area contributed by atoms with Crippen molar-refractivity contribution in [1.82, 2.24) is 4.90 Å². The summed E-state index contributed by atoms with van der Waals surface area (Å²) in [5.74, 6) is -0.316. The topological polar surface area (TPSA) is 49.5 Å². The lowest BCUT2D eigenvalue weighted by molar-refractivity contribution is 0.0614. The summed E-state index contributed by atoms with van der Waals surface area (Å²) in [5, 5.41) is 9.92. The number of nitrogens with zero attached hydrogens (tertiary/aromatic N) is 1. The Bertz CT molecular complexity index is 388. The van der Waals surface area contributed by atoms with E-state index in [9.17, 15) is 9.50 Å². The molecule has 0 aromatic heterocycles. The first-order valence-corrected chi connectivity index (χ1v) is 6.57. The van der Waals surface area contributed by atoms with Gasteiger partial charge in [-0.05, 0) is 25.0 Å². The third-order valence-corrected chi connectivity index (χ3v) is 3.83. The minimum absolute atomic E-state index is 0.216. The fourth-order valence-electron chi connectivity index (χ4n) is 2.48. The van der Waals surface area contributed by atoms with E-state index in [1.165, 1.54) is 6.07 Å². The Morgan fingerprint density at radius 3 is 2.67 bits per heavy atom. The average Bonchev–Trinajstić information content (AvgIpc) is 2.35. The second kappa shape index (κ2) is 5.97. The molecule has 0 saturated carbocycles. The van der Waals surface area contributed by atoms with Crippen molar-refractivity contribution >= 4 is 11.6 Å². The number of aliphatic hydroxyl groups is 1. The SMILES string of the molecule is NCC(c1c(F)cccc1Cl)N1CCC(O)CC1. The van der Waals surface area contributed by atoms with Crippen molar-refractivity contribution in [2.75, 3.05) is 19.6 Å². The van der Waals surface area contributed by atoms with Gasteiger partial charge in [0.05, 0.1) is 12.1 Å². The lowest BCUT2D eigenvalue weighted by Gasteiger charge is -2.36. The summed E-state index contributed by atoms with van der Waals surface area (Å²) in [6, 6.07) is 4.46. The van der Waals surface area contributed by atoms with Crippen LogP contribution < -0.4 is 5.73 Å². The van der Waals surface area contributed by atoms with Gasteiger partial charge in [-0.1, -0.05) is 17.7 Å². The van der Waals surface area contributed by atoms with E-state index in [2.05, 4.69) is 4.90 Å². The van der Waals surface area contributed by atoms with Gasteiger partial charge in [-0.2, -0.15) is 0 Å². The van der Waals surface area contributed by atoms with E-state index < -0.39 is 0 Å². The summed E-state index contributed by atoms with van der Waals surface area (Å²) in [5.41, 5.74) is 6.25. The molecule has 1 atom stereocenters. The van der Waals surface area contributed by atoms with Gasteiger partial charge in [-0.3, -0.25) is 4.90 Å². The zero-order valence-corrected chi connectivity index (χ0v) is 10.9. The molecule has 0 aliphatic carbocycles. The summed E-state index contributed by atoms with van der Waals surface area (Å²) in [7, 11) is 0. The molecule has 3 nitrogen and oxygen atoms in total. The van der Waals surface area contributed by atoms with Gasteiger partial charge in [0.25, 0.3) is 0 Å². The van der Waals surface area contributed by atoms with Crippen molar-refractivity contribution in [3.8, 4) is 0 Å². The molecule has 100 valence electrons. The summed E-state index contributed by atoms with van der Waals surface area (Å²) in [6.07, 6.45) is 1.14. The van der Waals surface area contributed by atoms with Crippen LogP contribution in [0.4, 0.5) is 4.39 Å². The third kappa shape index (κ3) is 2.83. The maximum atomic E-state index is 13.9. The summed E-state index contributed by atoms with van der Waals surface area (Å²) in [6.45, 7) is 1.75. The van der Waals surface area contributed by atoms with Crippen molar-refractivity contribution in [3.05, 3.63) is 34.6 Å². The Labute approximate surface area is 111 Å². The molecule has 0 bridgehead atoms. The Morgan fingerprint density at radius 2 is 2.11 bits per heavy atom. The predicted molar refractivity (Wildman–Crippen MR) is 70.0 cm³/mol. The third-order valence-electron chi connectivity index (χ3n) is 3.50. The molecule has 1 heterocycles. The molecule has 1 fully saturated rings. The molecule has 5 heteroatoms. The van der Waals surface area contributed by atoms with Gasteiger partial charge in [-0.25, -0.2) is 4.39 Å². The highest BCUT2D eigenvalue weighted by Gasteiger charge is 2.27. The summed E-state index contributed by atoms with van der Waals surface area (Å²) in [4.78, 5) is 2.09. The first-order valence-electron chi connectivity index (χ1n) is 6.19. The average molecular weight is 273 g/mol. The molecule has 0 amide bonds. The number of nitrogens with two attached hydrogens (primary N) is 1. The van der Waals surface area contributed by atoms with Crippen LogP contribution in [-0.2, 0) is 0 Å². The number of hydrogen-bond donors (Lipinski definition) is 2. The van der Waals surface area contributed by atoms with Crippen LogP contribution in [0.25, 0.3) is 0 Å². The zero-order valence-electron chi connectivity index (χ0n) is 10.1. The number of benzene rings is 1. The van der Waals surface area contributed by atoms with E-state index in [0.717, 1.165) is 0 Å². The van der Waals surface area contributed by atoms with Crippen LogP contribution in [0.1, 0.15) is 24.4 Å². The van der Waals surface area contributed by atoms with E-state index in [1.807, 2.05) is 0 Å². The molecule has 1 aromatic carbocycles.